The third-order valence-electron chi connectivity index (χ3n) is 2.80. The molecule has 1 saturated heterocycles. The van der Waals surface area contributed by atoms with Crippen LogP contribution in [0.25, 0.3) is 0 Å². The molecular formula is C11H15N3O2S. The molecule has 1 atom stereocenters. The summed E-state index contributed by atoms with van der Waals surface area (Å²) >= 11 is 1.40. The van der Waals surface area contributed by atoms with Crippen LogP contribution < -0.4 is 5.32 Å². The predicted octanol–water partition coefficient (Wildman–Crippen LogP) is 1.78. The largest absolute Gasteiger partial charge is 0.334 e. The summed E-state index contributed by atoms with van der Waals surface area (Å²) in [4.78, 5) is 28.6. The number of rotatable bonds is 2. The summed E-state index contributed by atoms with van der Waals surface area (Å²) in [5.74, 6) is -0.0395. The molecular weight excluding hydrogens is 238 g/mol. The van der Waals surface area contributed by atoms with Gasteiger partial charge in [-0.05, 0) is 12.8 Å². The molecule has 0 saturated carbocycles. The first-order valence-electron chi connectivity index (χ1n) is 5.58. The van der Waals surface area contributed by atoms with Gasteiger partial charge >= 0.3 is 0 Å². The third-order valence-corrected chi connectivity index (χ3v) is 3.58. The molecule has 1 aromatic rings. The number of likely N-dealkylation sites (tertiary alicyclic amines) is 1. The topological polar surface area (TPSA) is 62.3 Å². The van der Waals surface area contributed by atoms with Crippen LogP contribution in [0, 0.1) is 0 Å². The summed E-state index contributed by atoms with van der Waals surface area (Å²) in [6, 6.07) is 0.0752. The third kappa shape index (κ3) is 2.63. The Balaban J connectivity index is 2.14. The van der Waals surface area contributed by atoms with Crippen LogP contribution in [0.2, 0.25) is 0 Å². The highest BCUT2D eigenvalue weighted by Crippen LogP contribution is 2.33. The minimum absolute atomic E-state index is 0.0752. The quantitative estimate of drug-likeness (QED) is 0.874. The van der Waals surface area contributed by atoms with Crippen LogP contribution in [-0.2, 0) is 9.59 Å². The Bertz CT molecular complexity index is 444. The Hall–Kier alpha value is -1.43. The van der Waals surface area contributed by atoms with E-state index in [1.54, 1.807) is 6.92 Å². The number of carbonyl (C=O) groups excluding carboxylic acids is 2. The van der Waals surface area contributed by atoms with Gasteiger partial charge in [-0.25, -0.2) is 4.98 Å². The molecule has 6 heteroatoms. The Labute approximate surface area is 104 Å². The molecule has 1 aliphatic rings. The fourth-order valence-corrected chi connectivity index (χ4v) is 2.90. The highest BCUT2D eigenvalue weighted by atomic mass is 32.1. The van der Waals surface area contributed by atoms with Gasteiger partial charge in [0.15, 0.2) is 5.13 Å². The normalized spacial score (nSPS) is 19.4. The van der Waals surface area contributed by atoms with E-state index >= 15 is 0 Å². The Morgan fingerprint density at radius 1 is 1.53 bits per heavy atom. The maximum absolute atomic E-state index is 11.4. The van der Waals surface area contributed by atoms with E-state index in [2.05, 4.69) is 10.3 Å². The number of nitrogens with zero attached hydrogens (tertiary/aromatic N) is 2. The van der Waals surface area contributed by atoms with Gasteiger partial charge in [-0.2, -0.15) is 0 Å². The van der Waals surface area contributed by atoms with Gasteiger partial charge in [0, 0.05) is 25.8 Å². The van der Waals surface area contributed by atoms with Crippen molar-refractivity contribution in [3.05, 3.63) is 11.1 Å². The Kier molecular flexibility index (Phi) is 3.42. The van der Waals surface area contributed by atoms with Crippen molar-refractivity contribution < 1.29 is 9.59 Å². The van der Waals surface area contributed by atoms with E-state index in [1.807, 2.05) is 10.3 Å². The van der Waals surface area contributed by atoms with Crippen LogP contribution in [0.3, 0.4) is 0 Å². The molecule has 2 amide bonds. The molecule has 0 radical (unpaired) electrons. The van der Waals surface area contributed by atoms with Crippen molar-refractivity contribution in [1.82, 2.24) is 9.88 Å². The average Bonchev–Trinajstić information content (AvgIpc) is 2.82. The Morgan fingerprint density at radius 3 is 2.94 bits per heavy atom. The second kappa shape index (κ2) is 4.83. The zero-order valence-electron chi connectivity index (χ0n) is 9.90. The van der Waals surface area contributed by atoms with E-state index in [4.69, 9.17) is 0 Å². The van der Waals surface area contributed by atoms with Crippen molar-refractivity contribution in [3.8, 4) is 0 Å². The summed E-state index contributed by atoms with van der Waals surface area (Å²) in [6.07, 6.45) is 1.96. The van der Waals surface area contributed by atoms with Crippen LogP contribution in [0.15, 0.2) is 5.38 Å². The number of hydrogen-bond acceptors (Lipinski definition) is 4. The van der Waals surface area contributed by atoms with Crippen molar-refractivity contribution in [2.24, 2.45) is 0 Å². The molecule has 2 heterocycles. The second-order valence-corrected chi connectivity index (χ2v) is 4.99. The molecule has 92 valence electrons. The first-order chi connectivity index (χ1) is 8.08. The zero-order valence-corrected chi connectivity index (χ0v) is 10.7. The average molecular weight is 253 g/mol. The van der Waals surface area contributed by atoms with Crippen molar-refractivity contribution >= 4 is 28.3 Å². The van der Waals surface area contributed by atoms with E-state index in [-0.39, 0.29) is 17.9 Å². The molecule has 0 spiro atoms. The molecule has 1 aliphatic heterocycles. The van der Waals surface area contributed by atoms with E-state index in [0.717, 1.165) is 25.1 Å². The van der Waals surface area contributed by atoms with Gasteiger partial charge in [0.05, 0.1) is 11.7 Å². The van der Waals surface area contributed by atoms with E-state index in [0.29, 0.717) is 5.13 Å². The van der Waals surface area contributed by atoms with Crippen molar-refractivity contribution in [1.29, 1.82) is 0 Å². The molecule has 0 bridgehead atoms. The van der Waals surface area contributed by atoms with E-state index < -0.39 is 0 Å². The second-order valence-electron chi connectivity index (χ2n) is 4.13. The van der Waals surface area contributed by atoms with E-state index in [1.165, 1.54) is 18.3 Å². The number of thiazole rings is 1. The van der Waals surface area contributed by atoms with Crippen molar-refractivity contribution in [2.45, 2.75) is 32.7 Å². The number of carbonyl (C=O) groups is 2. The van der Waals surface area contributed by atoms with Gasteiger partial charge in [0.2, 0.25) is 11.8 Å². The number of hydrogen-bond donors (Lipinski definition) is 1. The number of nitrogens with one attached hydrogen (secondary N) is 1. The summed E-state index contributed by atoms with van der Waals surface area (Å²) in [6.45, 7) is 3.84. The van der Waals surface area contributed by atoms with Gasteiger partial charge in [0.25, 0.3) is 0 Å². The summed E-state index contributed by atoms with van der Waals surface area (Å²) in [5.41, 5.74) is 0.881. The Morgan fingerprint density at radius 2 is 2.29 bits per heavy atom. The monoisotopic (exact) mass is 253 g/mol. The first kappa shape index (κ1) is 12.0. The van der Waals surface area contributed by atoms with Crippen molar-refractivity contribution in [2.75, 3.05) is 11.9 Å². The van der Waals surface area contributed by atoms with Crippen LogP contribution in [0.5, 0.6) is 0 Å². The SMILES string of the molecule is CC(=O)Nc1nc([C@H]2CCCN2C(C)=O)cs1. The molecule has 0 aromatic carbocycles. The van der Waals surface area contributed by atoms with Crippen LogP contribution in [0.4, 0.5) is 5.13 Å². The van der Waals surface area contributed by atoms with Gasteiger partial charge in [-0.1, -0.05) is 0 Å². The summed E-state index contributed by atoms with van der Waals surface area (Å²) in [5, 5.41) is 5.17. The van der Waals surface area contributed by atoms with Gasteiger partial charge in [-0.3, -0.25) is 9.59 Å². The highest BCUT2D eigenvalue weighted by Gasteiger charge is 2.29. The fraction of sp³-hybridized carbons (Fsp3) is 0.545. The maximum Gasteiger partial charge on any atom is 0.223 e. The number of amides is 2. The predicted molar refractivity (Wildman–Crippen MR) is 65.8 cm³/mol. The van der Waals surface area contributed by atoms with Crippen LogP contribution >= 0.6 is 11.3 Å². The summed E-state index contributed by atoms with van der Waals surface area (Å²) < 4.78 is 0. The molecule has 1 fully saturated rings. The van der Waals surface area contributed by atoms with Crippen molar-refractivity contribution in [3.63, 3.8) is 0 Å². The zero-order chi connectivity index (χ0) is 12.4. The van der Waals surface area contributed by atoms with E-state index in [9.17, 15) is 9.59 Å². The molecule has 17 heavy (non-hydrogen) atoms. The molecule has 0 unspecified atom stereocenters. The standard InChI is InChI=1S/C11H15N3O2S/c1-7(15)12-11-13-9(6-17-11)10-4-3-5-14(10)8(2)16/h6,10H,3-5H2,1-2H3,(H,12,13,15)/t10-/m1/s1. The van der Waals surface area contributed by atoms with Crippen LogP contribution in [0.1, 0.15) is 38.4 Å². The lowest BCUT2D eigenvalue weighted by Crippen LogP contribution is -2.28. The minimum Gasteiger partial charge on any atom is -0.334 e. The minimum atomic E-state index is -0.124. The smallest absolute Gasteiger partial charge is 0.223 e. The molecule has 2 rings (SSSR count). The maximum atomic E-state index is 11.4. The lowest BCUT2D eigenvalue weighted by Gasteiger charge is -2.21. The molecule has 0 aliphatic carbocycles. The molecule has 1 N–H and O–H groups in total. The number of aromatic nitrogens is 1. The van der Waals surface area contributed by atoms with Crippen LogP contribution in [-0.4, -0.2) is 28.2 Å². The van der Waals surface area contributed by atoms with Gasteiger partial charge in [0.1, 0.15) is 0 Å². The van der Waals surface area contributed by atoms with Gasteiger partial charge < -0.3 is 10.2 Å². The lowest BCUT2D eigenvalue weighted by molar-refractivity contribution is -0.129. The summed E-state index contributed by atoms with van der Waals surface area (Å²) in [7, 11) is 0. The number of anilines is 1. The first-order valence-corrected chi connectivity index (χ1v) is 6.46. The van der Waals surface area contributed by atoms with Gasteiger partial charge in [-0.15, -0.1) is 11.3 Å². The molecule has 1 aromatic heterocycles. The lowest BCUT2D eigenvalue weighted by atomic mass is 10.2. The highest BCUT2D eigenvalue weighted by molar-refractivity contribution is 7.13. The fourth-order valence-electron chi connectivity index (χ4n) is 2.10. The molecule has 5 nitrogen and oxygen atoms in total.